The fourth-order valence-corrected chi connectivity index (χ4v) is 1.82. The van der Waals surface area contributed by atoms with Crippen LogP contribution in [0.4, 0.5) is 5.69 Å². The molecule has 0 amide bonds. The first-order chi connectivity index (χ1) is 7.36. The summed E-state index contributed by atoms with van der Waals surface area (Å²) in [5, 5.41) is 3.14. The molecule has 1 aromatic rings. The summed E-state index contributed by atoms with van der Waals surface area (Å²) in [6.07, 6.45) is 0.885. The highest BCUT2D eigenvalue weighted by molar-refractivity contribution is 5.65. The summed E-state index contributed by atoms with van der Waals surface area (Å²) in [5.41, 5.74) is 4.98. The molecule has 2 heteroatoms. The summed E-state index contributed by atoms with van der Waals surface area (Å²) >= 11 is 0. The summed E-state index contributed by atoms with van der Waals surface area (Å²) in [5.74, 6) is 0. The van der Waals surface area contributed by atoms with Gasteiger partial charge >= 0.3 is 0 Å². The molecule has 0 radical (unpaired) electrons. The number of anilines is 1. The predicted molar refractivity (Wildman–Crippen MR) is 69.2 cm³/mol. The molecule has 0 unspecified atom stereocenters. The minimum atomic E-state index is 0.165. The summed E-state index contributed by atoms with van der Waals surface area (Å²) in [4.78, 5) is 10.4. The number of carbonyl (C=O) groups excluding carboxylic acids is 1. The van der Waals surface area contributed by atoms with Crippen LogP contribution < -0.4 is 5.32 Å². The van der Waals surface area contributed by atoms with E-state index in [2.05, 4.69) is 52.1 Å². The molecule has 1 N–H and O–H groups in total. The zero-order chi connectivity index (χ0) is 12.3. The van der Waals surface area contributed by atoms with Crippen molar-refractivity contribution in [2.45, 2.75) is 40.0 Å². The van der Waals surface area contributed by atoms with Crippen molar-refractivity contribution in [2.75, 3.05) is 11.9 Å². The second-order valence-corrected chi connectivity index (χ2v) is 5.28. The maximum Gasteiger partial charge on any atom is 0.139 e. The maximum atomic E-state index is 10.4. The van der Waals surface area contributed by atoms with Crippen LogP contribution in [-0.4, -0.2) is 12.8 Å². The van der Waals surface area contributed by atoms with E-state index in [1.165, 1.54) is 16.7 Å². The molecule has 0 aliphatic rings. The molecule has 0 saturated carbocycles. The number of hydrogen-bond acceptors (Lipinski definition) is 2. The molecule has 0 aliphatic carbocycles. The average molecular weight is 219 g/mol. The first-order valence-electron chi connectivity index (χ1n) is 5.65. The van der Waals surface area contributed by atoms with Crippen LogP contribution in [0.2, 0.25) is 0 Å². The first kappa shape index (κ1) is 12.8. The van der Waals surface area contributed by atoms with Crippen molar-refractivity contribution in [1.82, 2.24) is 0 Å². The summed E-state index contributed by atoms with van der Waals surface area (Å²) in [6, 6.07) is 4.39. The van der Waals surface area contributed by atoms with Crippen LogP contribution in [0.15, 0.2) is 12.1 Å². The Balaban J connectivity index is 3.12. The van der Waals surface area contributed by atoms with E-state index in [0.717, 1.165) is 12.0 Å². The Morgan fingerprint density at radius 3 is 2.06 bits per heavy atom. The van der Waals surface area contributed by atoms with Crippen LogP contribution in [0, 0.1) is 13.8 Å². The highest BCUT2D eigenvalue weighted by Crippen LogP contribution is 2.29. The Morgan fingerprint density at radius 2 is 1.69 bits per heavy atom. The number of nitrogens with one attached hydrogen (secondary N) is 1. The van der Waals surface area contributed by atoms with Crippen molar-refractivity contribution in [3.63, 3.8) is 0 Å². The van der Waals surface area contributed by atoms with Gasteiger partial charge in [-0.15, -0.1) is 0 Å². The number of rotatable bonds is 3. The van der Waals surface area contributed by atoms with Gasteiger partial charge in [-0.25, -0.2) is 0 Å². The van der Waals surface area contributed by atoms with E-state index in [-0.39, 0.29) is 5.41 Å². The van der Waals surface area contributed by atoms with Gasteiger partial charge in [0, 0.05) is 5.69 Å². The minimum Gasteiger partial charge on any atom is -0.378 e. The quantitative estimate of drug-likeness (QED) is 0.791. The van der Waals surface area contributed by atoms with Crippen LogP contribution in [0.1, 0.15) is 37.5 Å². The van der Waals surface area contributed by atoms with E-state index in [1.54, 1.807) is 0 Å². The van der Waals surface area contributed by atoms with Crippen LogP contribution in [0.25, 0.3) is 0 Å². The van der Waals surface area contributed by atoms with Crippen molar-refractivity contribution in [3.8, 4) is 0 Å². The molecule has 88 valence electrons. The summed E-state index contributed by atoms with van der Waals surface area (Å²) < 4.78 is 0. The zero-order valence-electron chi connectivity index (χ0n) is 10.8. The first-order valence-corrected chi connectivity index (χ1v) is 5.65. The van der Waals surface area contributed by atoms with Crippen molar-refractivity contribution >= 4 is 12.0 Å². The van der Waals surface area contributed by atoms with Gasteiger partial charge in [0.25, 0.3) is 0 Å². The number of benzene rings is 1. The van der Waals surface area contributed by atoms with Crippen LogP contribution >= 0.6 is 0 Å². The van der Waals surface area contributed by atoms with Crippen molar-refractivity contribution < 1.29 is 4.79 Å². The van der Waals surface area contributed by atoms with Crippen LogP contribution in [0.3, 0.4) is 0 Å². The largest absolute Gasteiger partial charge is 0.378 e. The van der Waals surface area contributed by atoms with Gasteiger partial charge in [-0.05, 0) is 36.0 Å². The lowest BCUT2D eigenvalue weighted by atomic mass is 9.85. The molecular formula is C14H21NO. The van der Waals surface area contributed by atoms with Gasteiger partial charge in [0.2, 0.25) is 0 Å². The third-order valence-corrected chi connectivity index (χ3v) is 2.76. The van der Waals surface area contributed by atoms with E-state index in [1.807, 2.05) is 0 Å². The Morgan fingerprint density at radius 1 is 1.19 bits per heavy atom. The Kier molecular flexibility index (Phi) is 3.74. The molecule has 0 heterocycles. The molecule has 0 spiro atoms. The molecular weight excluding hydrogens is 198 g/mol. The Hall–Kier alpha value is -1.31. The van der Waals surface area contributed by atoms with Gasteiger partial charge in [-0.2, -0.15) is 0 Å². The molecule has 0 fully saturated rings. The lowest BCUT2D eigenvalue weighted by Crippen LogP contribution is -2.13. The third kappa shape index (κ3) is 2.84. The highest BCUT2D eigenvalue weighted by Gasteiger charge is 2.15. The van der Waals surface area contributed by atoms with Gasteiger partial charge in [-0.3, -0.25) is 0 Å². The van der Waals surface area contributed by atoms with Gasteiger partial charge in [-0.1, -0.05) is 32.9 Å². The fourth-order valence-electron chi connectivity index (χ4n) is 1.82. The third-order valence-electron chi connectivity index (χ3n) is 2.76. The van der Waals surface area contributed by atoms with Gasteiger partial charge < -0.3 is 10.1 Å². The molecule has 0 saturated heterocycles. The van der Waals surface area contributed by atoms with E-state index in [9.17, 15) is 4.79 Å². The Bertz CT molecular complexity index is 365. The average Bonchev–Trinajstić information content (AvgIpc) is 2.15. The molecule has 0 aliphatic heterocycles. The number of aryl methyl sites for hydroxylation is 2. The molecule has 0 bridgehead atoms. The van der Waals surface area contributed by atoms with E-state index >= 15 is 0 Å². The molecule has 1 aromatic carbocycles. The van der Waals surface area contributed by atoms with Gasteiger partial charge in [0.1, 0.15) is 6.29 Å². The molecule has 16 heavy (non-hydrogen) atoms. The summed E-state index contributed by atoms with van der Waals surface area (Å²) in [6.45, 7) is 11.2. The van der Waals surface area contributed by atoms with Crippen LogP contribution in [-0.2, 0) is 10.2 Å². The second kappa shape index (κ2) is 4.69. The van der Waals surface area contributed by atoms with Crippen LogP contribution in [0.5, 0.6) is 0 Å². The maximum absolute atomic E-state index is 10.4. The summed E-state index contributed by atoms with van der Waals surface area (Å²) in [7, 11) is 0. The zero-order valence-corrected chi connectivity index (χ0v) is 10.8. The minimum absolute atomic E-state index is 0.165. The van der Waals surface area contributed by atoms with Gasteiger partial charge in [0.15, 0.2) is 0 Å². The molecule has 1 rings (SSSR count). The molecule has 2 nitrogen and oxygen atoms in total. The lowest BCUT2D eigenvalue weighted by Gasteiger charge is -2.22. The van der Waals surface area contributed by atoms with Crippen molar-refractivity contribution in [1.29, 1.82) is 0 Å². The van der Waals surface area contributed by atoms with E-state index in [0.29, 0.717) is 6.54 Å². The number of aldehydes is 1. The SMILES string of the molecule is Cc1cc(C(C)(C)C)cc(C)c1NCC=O. The second-order valence-electron chi connectivity index (χ2n) is 5.28. The van der Waals surface area contributed by atoms with E-state index < -0.39 is 0 Å². The molecule has 0 aromatic heterocycles. The van der Waals surface area contributed by atoms with Crippen molar-refractivity contribution in [3.05, 3.63) is 28.8 Å². The fraction of sp³-hybridized carbons (Fsp3) is 0.500. The van der Waals surface area contributed by atoms with Gasteiger partial charge in [0.05, 0.1) is 6.54 Å². The Labute approximate surface area is 98.1 Å². The van der Waals surface area contributed by atoms with Crippen molar-refractivity contribution in [2.24, 2.45) is 0 Å². The van der Waals surface area contributed by atoms with E-state index in [4.69, 9.17) is 0 Å². The lowest BCUT2D eigenvalue weighted by molar-refractivity contribution is -0.106. The smallest absolute Gasteiger partial charge is 0.139 e. The number of hydrogen-bond donors (Lipinski definition) is 1. The normalized spacial score (nSPS) is 11.3. The number of carbonyl (C=O) groups is 1. The standard InChI is InChI=1S/C14H21NO/c1-10-8-12(14(3,4)5)9-11(2)13(10)15-6-7-16/h7-9,15H,6H2,1-5H3. The monoisotopic (exact) mass is 219 g/mol. The predicted octanol–water partition coefficient (Wildman–Crippen LogP) is 3.21. The molecule has 0 atom stereocenters. The topological polar surface area (TPSA) is 29.1 Å². The highest BCUT2D eigenvalue weighted by atomic mass is 16.1.